The van der Waals surface area contributed by atoms with Gasteiger partial charge in [0, 0.05) is 31.4 Å². The zero-order valence-corrected chi connectivity index (χ0v) is 13.6. The number of rotatable bonds is 6. The first-order chi connectivity index (χ1) is 9.69. The average molecular weight is 338 g/mol. The van der Waals surface area contributed by atoms with E-state index in [1.165, 1.54) is 5.56 Å². The third-order valence-electron chi connectivity index (χ3n) is 3.46. The Bertz CT molecular complexity index is 568. The maximum atomic E-state index is 5.27. The molecule has 20 heavy (non-hydrogen) atoms. The topological polar surface area (TPSA) is 39.1 Å². The van der Waals surface area contributed by atoms with Gasteiger partial charge in [0.25, 0.3) is 0 Å². The van der Waals surface area contributed by atoms with Crippen molar-refractivity contribution in [3.05, 3.63) is 46.5 Å². The molecule has 0 fully saturated rings. The standard InChI is InChI=1S/C15H20BrN3O/c1-4-19-8-7-18-15(19)10-13(17-2)11-5-6-14(20-3)12(16)9-11/h5-9,13,17H,4,10H2,1-3H3. The van der Waals surface area contributed by atoms with Gasteiger partial charge in [-0.25, -0.2) is 4.98 Å². The molecule has 0 saturated carbocycles. The molecule has 1 N–H and O–H groups in total. The molecule has 1 unspecified atom stereocenters. The van der Waals surface area contributed by atoms with Gasteiger partial charge in [0.2, 0.25) is 0 Å². The van der Waals surface area contributed by atoms with Crippen LogP contribution in [-0.2, 0) is 13.0 Å². The molecule has 0 aliphatic carbocycles. The van der Waals surface area contributed by atoms with E-state index in [0.29, 0.717) is 0 Å². The summed E-state index contributed by atoms with van der Waals surface area (Å²) in [5, 5.41) is 3.36. The number of nitrogens with zero attached hydrogens (tertiary/aromatic N) is 2. The van der Waals surface area contributed by atoms with Crippen molar-refractivity contribution in [2.45, 2.75) is 25.9 Å². The van der Waals surface area contributed by atoms with Crippen molar-refractivity contribution in [2.75, 3.05) is 14.2 Å². The van der Waals surface area contributed by atoms with Crippen LogP contribution in [0.2, 0.25) is 0 Å². The maximum absolute atomic E-state index is 5.27. The number of benzene rings is 1. The molecule has 0 radical (unpaired) electrons. The van der Waals surface area contributed by atoms with E-state index in [1.807, 2.05) is 25.5 Å². The minimum atomic E-state index is 0.227. The van der Waals surface area contributed by atoms with Crippen LogP contribution in [0, 0.1) is 0 Å². The first-order valence-corrected chi connectivity index (χ1v) is 7.49. The van der Waals surface area contributed by atoms with Crippen LogP contribution < -0.4 is 10.1 Å². The van der Waals surface area contributed by atoms with Gasteiger partial charge < -0.3 is 14.6 Å². The largest absolute Gasteiger partial charge is 0.496 e. The van der Waals surface area contributed by atoms with Crippen molar-refractivity contribution in [3.8, 4) is 5.75 Å². The summed E-state index contributed by atoms with van der Waals surface area (Å²) < 4.78 is 8.41. The number of imidazole rings is 1. The highest BCUT2D eigenvalue weighted by atomic mass is 79.9. The Morgan fingerprint density at radius 1 is 1.45 bits per heavy atom. The van der Waals surface area contributed by atoms with E-state index in [1.54, 1.807) is 7.11 Å². The lowest BCUT2D eigenvalue weighted by atomic mass is 10.0. The number of hydrogen-bond acceptors (Lipinski definition) is 3. The number of ether oxygens (including phenoxy) is 1. The number of likely N-dealkylation sites (N-methyl/N-ethyl adjacent to an activating group) is 1. The van der Waals surface area contributed by atoms with Gasteiger partial charge in [-0.15, -0.1) is 0 Å². The summed E-state index contributed by atoms with van der Waals surface area (Å²) >= 11 is 3.54. The van der Waals surface area contributed by atoms with Crippen LogP contribution in [0.15, 0.2) is 35.1 Å². The van der Waals surface area contributed by atoms with Crippen LogP contribution in [0.3, 0.4) is 0 Å². The Hall–Kier alpha value is -1.33. The van der Waals surface area contributed by atoms with Gasteiger partial charge in [0.15, 0.2) is 0 Å². The number of methoxy groups -OCH3 is 1. The molecule has 1 atom stereocenters. The molecule has 0 spiro atoms. The number of hydrogen-bond donors (Lipinski definition) is 1. The van der Waals surface area contributed by atoms with Crippen LogP contribution in [0.25, 0.3) is 0 Å². The number of aryl methyl sites for hydroxylation is 1. The van der Waals surface area contributed by atoms with Gasteiger partial charge in [-0.1, -0.05) is 6.07 Å². The Morgan fingerprint density at radius 2 is 2.25 bits per heavy atom. The first-order valence-electron chi connectivity index (χ1n) is 6.70. The normalized spacial score (nSPS) is 12.4. The number of halogens is 1. The maximum Gasteiger partial charge on any atom is 0.133 e. The van der Waals surface area contributed by atoms with Crippen molar-refractivity contribution < 1.29 is 4.74 Å². The lowest BCUT2D eigenvalue weighted by molar-refractivity contribution is 0.411. The summed E-state index contributed by atoms with van der Waals surface area (Å²) in [7, 11) is 3.65. The molecule has 5 heteroatoms. The summed E-state index contributed by atoms with van der Waals surface area (Å²) in [6.45, 7) is 3.07. The highest BCUT2D eigenvalue weighted by molar-refractivity contribution is 9.10. The predicted molar refractivity (Wildman–Crippen MR) is 84.1 cm³/mol. The second-order valence-electron chi connectivity index (χ2n) is 4.57. The van der Waals surface area contributed by atoms with Gasteiger partial charge in [-0.3, -0.25) is 0 Å². The lowest BCUT2D eigenvalue weighted by Gasteiger charge is -2.18. The van der Waals surface area contributed by atoms with E-state index in [-0.39, 0.29) is 6.04 Å². The summed E-state index contributed by atoms with van der Waals surface area (Å²) in [6.07, 6.45) is 4.73. The van der Waals surface area contributed by atoms with E-state index < -0.39 is 0 Å². The molecule has 1 aromatic carbocycles. The predicted octanol–water partition coefficient (Wildman–Crippen LogP) is 3.18. The Kier molecular flexibility index (Phi) is 5.20. The molecule has 0 bridgehead atoms. The minimum absolute atomic E-state index is 0.227. The van der Waals surface area contributed by atoms with Gasteiger partial charge in [0.1, 0.15) is 11.6 Å². The smallest absolute Gasteiger partial charge is 0.133 e. The van der Waals surface area contributed by atoms with Gasteiger partial charge in [-0.05, 0) is 47.6 Å². The summed E-state index contributed by atoms with van der Waals surface area (Å²) in [4.78, 5) is 4.44. The van der Waals surface area contributed by atoms with E-state index in [2.05, 4.69) is 49.9 Å². The third kappa shape index (κ3) is 3.22. The van der Waals surface area contributed by atoms with Crippen molar-refractivity contribution in [3.63, 3.8) is 0 Å². The molecule has 0 saturated heterocycles. The Balaban J connectivity index is 2.22. The molecule has 1 aromatic heterocycles. The van der Waals surface area contributed by atoms with Crippen LogP contribution >= 0.6 is 15.9 Å². The van der Waals surface area contributed by atoms with Gasteiger partial charge in [-0.2, -0.15) is 0 Å². The molecule has 4 nitrogen and oxygen atoms in total. The molecule has 0 aliphatic rings. The molecule has 1 heterocycles. The van der Waals surface area contributed by atoms with E-state index in [9.17, 15) is 0 Å². The van der Waals surface area contributed by atoms with Gasteiger partial charge in [0.05, 0.1) is 11.6 Å². The molecule has 0 aliphatic heterocycles. The molecule has 0 amide bonds. The van der Waals surface area contributed by atoms with Crippen molar-refractivity contribution in [2.24, 2.45) is 0 Å². The number of nitrogens with one attached hydrogen (secondary N) is 1. The monoisotopic (exact) mass is 337 g/mol. The van der Waals surface area contributed by atoms with Crippen LogP contribution in [0.4, 0.5) is 0 Å². The Labute approximate surface area is 128 Å². The van der Waals surface area contributed by atoms with Crippen molar-refractivity contribution >= 4 is 15.9 Å². The van der Waals surface area contributed by atoms with Crippen molar-refractivity contribution in [1.29, 1.82) is 0 Å². The lowest BCUT2D eigenvalue weighted by Crippen LogP contribution is -2.20. The fourth-order valence-corrected chi connectivity index (χ4v) is 2.84. The molecule has 2 aromatic rings. The Morgan fingerprint density at radius 3 is 2.85 bits per heavy atom. The minimum Gasteiger partial charge on any atom is -0.496 e. The van der Waals surface area contributed by atoms with E-state index >= 15 is 0 Å². The van der Waals surface area contributed by atoms with E-state index in [0.717, 1.165) is 29.0 Å². The zero-order valence-electron chi connectivity index (χ0n) is 12.1. The molecular weight excluding hydrogens is 318 g/mol. The van der Waals surface area contributed by atoms with Gasteiger partial charge >= 0.3 is 0 Å². The quantitative estimate of drug-likeness (QED) is 0.879. The van der Waals surface area contributed by atoms with Crippen LogP contribution in [-0.4, -0.2) is 23.7 Å². The van der Waals surface area contributed by atoms with E-state index in [4.69, 9.17) is 4.74 Å². The SMILES string of the molecule is CCn1ccnc1CC(NC)c1ccc(OC)c(Br)c1. The first kappa shape index (κ1) is 15.1. The second kappa shape index (κ2) is 6.90. The second-order valence-corrected chi connectivity index (χ2v) is 5.42. The highest BCUT2D eigenvalue weighted by Crippen LogP contribution is 2.29. The average Bonchev–Trinajstić information content (AvgIpc) is 2.91. The zero-order chi connectivity index (χ0) is 14.5. The summed E-state index contributed by atoms with van der Waals surface area (Å²) in [6, 6.07) is 6.39. The van der Waals surface area contributed by atoms with Crippen LogP contribution in [0.1, 0.15) is 24.4 Å². The summed E-state index contributed by atoms with van der Waals surface area (Å²) in [5.74, 6) is 1.94. The molecule has 108 valence electrons. The highest BCUT2D eigenvalue weighted by Gasteiger charge is 2.14. The van der Waals surface area contributed by atoms with Crippen LogP contribution in [0.5, 0.6) is 5.75 Å². The molecule has 2 rings (SSSR count). The summed E-state index contributed by atoms with van der Waals surface area (Å²) in [5.41, 5.74) is 1.21. The third-order valence-corrected chi connectivity index (χ3v) is 4.08. The fraction of sp³-hybridized carbons (Fsp3) is 0.400. The molecular formula is C15H20BrN3O. The fourth-order valence-electron chi connectivity index (χ4n) is 2.29. The number of aromatic nitrogens is 2. The van der Waals surface area contributed by atoms with Crippen molar-refractivity contribution in [1.82, 2.24) is 14.9 Å².